The number of fused-ring (bicyclic) bond motifs is 3. The highest BCUT2D eigenvalue weighted by Gasteiger charge is 2.51. The van der Waals surface area contributed by atoms with Gasteiger partial charge in [-0.05, 0) is 51.4 Å². The number of rotatable bonds is 2. The Morgan fingerprint density at radius 2 is 1.56 bits per heavy atom. The van der Waals surface area contributed by atoms with E-state index in [1.807, 2.05) is 0 Å². The number of carbonyl (C=O) groups excluding carboxylic acids is 1. The van der Waals surface area contributed by atoms with Gasteiger partial charge >= 0.3 is 0 Å². The third-order valence-corrected chi connectivity index (χ3v) is 4.70. The summed E-state index contributed by atoms with van der Waals surface area (Å²) in [6.07, 6.45) is 8.55. The molecule has 0 aromatic heterocycles. The summed E-state index contributed by atoms with van der Waals surface area (Å²) in [5.74, 6) is 0.326. The predicted octanol–water partition coefficient (Wildman–Crippen LogP) is 1.74. The fourth-order valence-corrected chi connectivity index (χ4v) is 3.12. The minimum absolute atomic E-state index is 0. The molecule has 4 heteroatoms. The van der Waals surface area contributed by atoms with E-state index in [1.54, 1.807) is 0 Å². The zero-order chi connectivity index (χ0) is 10.5. The molecule has 1 amide bonds. The minimum atomic E-state index is -0.0380. The van der Waals surface area contributed by atoms with E-state index < -0.39 is 0 Å². The summed E-state index contributed by atoms with van der Waals surface area (Å²) in [4.78, 5) is 12.2. The monoisotopic (exact) mass is 244 g/mol. The highest BCUT2D eigenvalue weighted by Crippen LogP contribution is 2.51. The maximum Gasteiger partial charge on any atom is 0.226 e. The third kappa shape index (κ3) is 1.95. The molecule has 0 aromatic rings. The SMILES string of the molecule is Cl.NC12CCC(C(=O)NC3CC3)(CC1)CC2. The number of hydrogen-bond acceptors (Lipinski definition) is 2. The van der Waals surface area contributed by atoms with Crippen LogP contribution in [-0.4, -0.2) is 17.5 Å². The first-order valence-corrected chi connectivity index (χ1v) is 6.22. The molecule has 4 fully saturated rings. The van der Waals surface area contributed by atoms with Gasteiger partial charge in [0, 0.05) is 17.0 Å². The van der Waals surface area contributed by atoms with Crippen molar-refractivity contribution in [3.8, 4) is 0 Å². The van der Waals surface area contributed by atoms with Crippen LogP contribution in [0.3, 0.4) is 0 Å². The Morgan fingerprint density at radius 3 is 2.00 bits per heavy atom. The van der Waals surface area contributed by atoms with Crippen molar-refractivity contribution in [2.75, 3.05) is 0 Å². The molecule has 0 aliphatic heterocycles. The molecule has 3 N–H and O–H groups in total. The fourth-order valence-electron chi connectivity index (χ4n) is 3.12. The van der Waals surface area contributed by atoms with Crippen LogP contribution in [0.15, 0.2) is 0 Å². The molecule has 0 radical (unpaired) electrons. The maximum absolute atomic E-state index is 12.2. The number of hydrogen-bond donors (Lipinski definition) is 2. The molecule has 0 saturated heterocycles. The van der Waals surface area contributed by atoms with E-state index in [1.165, 1.54) is 12.8 Å². The minimum Gasteiger partial charge on any atom is -0.353 e. The lowest BCUT2D eigenvalue weighted by Gasteiger charge is -2.50. The normalized spacial score (nSPS) is 41.3. The molecular formula is C12H21ClN2O. The molecule has 4 aliphatic carbocycles. The smallest absolute Gasteiger partial charge is 0.226 e. The van der Waals surface area contributed by atoms with Crippen LogP contribution < -0.4 is 11.1 Å². The molecule has 4 saturated carbocycles. The Labute approximate surface area is 103 Å². The molecule has 0 spiro atoms. The van der Waals surface area contributed by atoms with Gasteiger partial charge in [0.2, 0.25) is 5.91 Å². The standard InChI is InChI=1S/C12H20N2O.ClH/c13-12-6-3-11(4-7-12,5-8-12)10(15)14-9-1-2-9;/h9H,1-8,13H2,(H,14,15);1H. The third-order valence-electron chi connectivity index (χ3n) is 4.70. The van der Waals surface area contributed by atoms with Gasteiger partial charge in [0.05, 0.1) is 0 Å². The van der Waals surface area contributed by atoms with Crippen LogP contribution in [0.4, 0.5) is 0 Å². The summed E-state index contributed by atoms with van der Waals surface area (Å²) >= 11 is 0. The van der Waals surface area contributed by atoms with Crippen molar-refractivity contribution in [3.63, 3.8) is 0 Å². The molecule has 2 bridgehead atoms. The van der Waals surface area contributed by atoms with Gasteiger partial charge in [0.25, 0.3) is 0 Å². The van der Waals surface area contributed by atoms with Gasteiger partial charge in [-0.3, -0.25) is 4.79 Å². The molecule has 0 atom stereocenters. The highest BCUT2D eigenvalue weighted by atomic mass is 35.5. The first-order valence-electron chi connectivity index (χ1n) is 6.22. The van der Waals surface area contributed by atoms with Gasteiger partial charge in [-0.25, -0.2) is 0 Å². The predicted molar refractivity (Wildman–Crippen MR) is 65.5 cm³/mol. The summed E-state index contributed by atoms with van der Waals surface area (Å²) in [6.45, 7) is 0. The first-order chi connectivity index (χ1) is 7.12. The van der Waals surface area contributed by atoms with E-state index in [4.69, 9.17) is 5.73 Å². The van der Waals surface area contributed by atoms with Crippen molar-refractivity contribution in [1.82, 2.24) is 5.32 Å². The average Bonchev–Trinajstić information content (AvgIpc) is 3.03. The molecule has 16 heavy (non-hydrogen) atoms. The van der Waals surface area contributed by atoms with Crippen molar-refractivity contribution in [2.45, 2.75) is 62.9 Å². The topological polar surface area (TPSA) is 55.1 Å². The number of carbonyl (C=O) groups is 1. The lowest BCUT2D eigenvalue weighted by molar-refractivity contribution is -0.137. The van der Waals surface area contributed by atoms with Crippen LogP contribution in [0.2, 0.25) is 0 Å². The summed E-state index contributed by atoms with van der Waals surface area (Å²) in [6, 6.07) is 0.498. The second-order valence-corrected chi connectivity index (χ2v) is 5.89. The number of halogens is 1. The number of amides is 1. The second kappa shape index (κ2) is 3.88. The van der Waals surface area contributed by atoms with Gasteiger partial charge in [-0.15, -0.1) is 12.4 Å². The molecule has 0 unspecified atom stereocenters. The largest absolute Gasteiger partial charge is 0.353 e. The first kappa shape index (κ1) is 12.2. The van der Waals surface area contributed by atoms with Crippen LogP contribution in [0, 0.1) is 5.41 Å². The van der Waals surface area contributed by atoms with E-state index in [0.717, 1.165) is 38.5 Å². The lowest BCUT2D eigenvalue weighted by atomic mass is 9.57. The highest BCUT2D eigenvalue weighted by molar-refractivity contribution is 5.85. The Balaban J connectivity index is 0.000000963. The molecule has 3 nitrogen and oxygen atoms in total. The molecule has 92 valence electrons. The van der Waals surface area contributed by atoms with Gasteiger partial charge in [0.15, 0.2) is 0 Å². The van der Waals surface area contributed by atoms with E-state index in [9.17, 15) is 4.79 Å². The summed E-state index contributed by atoms with van der Waals surface area (Å²) in [7, 11) is 0. The van der Waals surface area contributed by atoms with Crippen LogP contribution in [0.5, 0.6) is 0 Å². The quantitative estimate of drug-likeness (QED) is 0.778. The van der Waals surface area contributed by atoms with Crippen LogP contribution in [0.1, 0.15) is 51.4 Å². The zero-order valence-corrected chi connectivity index (χ0v) is 10.4. The van der Waals surface area contributed by atoms with Gasteiger partial charge in [-0.2, -0.15) is 0 Å². The van der Waals surface area contributed by atoms with E-state index in [2.05, 4.69) is 5.32 Å². The second-order valence-electron chi connectivity index (χ2n) is 5.89. The van der Waals surface area contributed by atoms with Crippen molar-refractivity contribution in [1.29, 1.82) is 0 Å². The fraction of sp³-hybridized carbons (Fsp3) is 0.917. The Kier molecular flexibility index (Phi) is 2.96. The van der Waals surface area contributed by atoms with Gasteiger partial charge in [0.1, 0.15) is 0 Å². The average molecular weight is 245 g/mol. The van der Waals surface area contributed by atoms with Gasteiger partial charge in [-0.1, -0.05) is 0 Å². The maximum atomic E-state index is 12.2. The van der Waals surface area contributed by atoms with E-state index >= 15 is 0 Å². The lowest BCUT2D eigenvalue weighted by Crippen LogP contribution is -2.56. The van der Waals surface area contributed by atoms with Gasteiger partial charge < -0.3 is 11.1 Å². The summed E-state index contributed by atoms with van der Waals surface area (Å²) in [5, 5.41) is 3.17. The van der Waals surface area contributed by atoms with E-state index in [-0.39, 0.29) is 23.4 Å². The number of nitrogens with two attached hydrogens (primary N) is 1. The Hall–Kier alpha value is -0.280. The molecule has 0 heterocycles. The Bertz CT molecular complexity index is 277. The van der Waals surface area contributed by atoms with Crippen LogP contribution in [-0.2, 0) is 4.79 Å². The van der Waals surface area contributed by atoms with Crippen LogP contribution >= 0.6 is 12.4 Å². The zero-order valence-electron chi connectivity index (χ0n) is 9.63. The van der Waals surface area contributed by atoms with Crippen molar-refractivity contribution in [2.24, 2.45) is 11.1 Å². The van der Waals surface area contributed by atoms with Crippen molar-refractivity contribution >= 4 is 18.3 Å². The molecule has 0 aromatic carbocycles. The molecule has 4 rings (SSSR count). The van der Waals surface area contributed by atoms with Crippen molar-refractivity contribution < 1.29 is 4.79 Å². The summed E-state index contributed by atoms with van der Waals surface area (Å²) in [5.41, 5.74) is 6.27. The molecule has 4 aliphatic rings. The van der Waals surface area contributed by atoms with Crippen LogP contribution in [0.25, 0.3) is 0 Å². The summed E-state index contributed by atoms with van der Waals surface area (Å²) < 4.78 is 0. The molecular weight excluding hydrogens is 224 g/mol. The Morgan fingerprint density at radius 1 is 1.06 bits per heavy atom. The van der Waals surface area contributed by atoms with Crippen molar-refractivity contribution in [3.05, 3.63) is 0 Å². The number of nitrogens with one attached hydrogen (secondary N) is 1. The van der Waals surface area contributed by atoms with E-state index in [0.29, 0.717) is 11.9 Å².